The Labute approximate surface area is 75.0 Å². The minimum Gasteiger partial charge on any atom is -0.411 e. The number of nitrogens with zero attached hydrogens (tertiary/aromatic N) is 3. The molecule has 68 valence electrons. The molecule has 0 bridgehead atoms. The average Bonchev–Trinajstić information content (AvgIpc) is 2.20. The summed E-state index contributed by atoms with van der Waals surface area (Å²) in [6.07, 6.45) is 1.56. The van der Waals surface area contributed by atoms with Gasteiger partial charge >= 0.3 is 0 Å². The second-order valence-electron chi connectivity index (χ2n) is 2.35. The van der Waals surface area contributed by atoms with Gasteiger partial charge in [0.05, 0.1) is 5.69 Å². The van der Waals surface area contributed by atoms with E-state index in [1.54, 1.807) is 24.4 Å². The predicted molar refractivity (Wildman–Crippen MR) is 47.5 cm³/mol. The number of rotatable bonds is 2. The first kappa shape index (κ1) is 9.18. The highest BCUT2D eigenvalue weighted by atomic mass is 16.4. The molecular weight excluding hydrogens is 170 g/mol. The summed E-state index contributed by atoms with van der Waals surface area (Å²) in [5, 5.41) is 23.0. The summed E-state index contributed by atoms with van der Waals surface area (Å²) in [6.45, 7) is 1.52. The van der Waals surface area contributed by atoms with E-state index in [0.717, 1.165) is 0 Å². The van der Waals surface area contributed by atoms with Crippen molar-refractivity contribution in [2.45, 2.75) is 6.92 Å². The molecule has 0 aliphatic heterocycles. The van der Waals surface area contributed by atoms with Crippen LogP contribution in [0.15, 0.2) is 34.7 Å². The van der Waals surface area contributed by atoms with E-state index in [1.165, 1.54) is 6.92 Å². The Balaban J connectivity index is 3.07. The molecule has 0 unspecified atom stereocenters. The monoisotopic (exact) mass is 179 g/mol. The fourth-order valence-corrected chi connectivity index (χ4v) is 0.859. The Morgan fingerprint density at radius 2 is 2.08 bits per heavy atom. The van der Waals surface area contributed by atoms with Crippen LogP contribution in [0, 0.1) is 0 Å². The third-order valence-corrected chi connectivity index (χ3v) is 1.50. The fourth-order valence-electron chi connectivity index (χ4n) is 0.859. The van der Waals surface area contributed by atoms with Crippen LogP contribution in [0.25, 0.3) is 0 Å². The first-order chi connectivity index (χ1) is 6.29. The molecule has 0 amide bonds. The van der Waals surface area contributed by atoms with E-state index in [-0.39, 0.29) is 11.4 Å². The largest absolute Gasteiger partial charge is 0.411 e. The van der Waals surface area contributed by atoms with Crippen LogP contribution in [-0.4, -0.2) is 26.8 Å². The van der Waals surface area contributed by atoms with Crippen LogP contribution in [0.5, 0.6) is 0 Å². The zero-order valence-corrected chi connectivity index (χ0v) is 7.05. The summed E-state index contributed by atoms with van der Waals surface area (Å²) in [5.41, 5.74) is 0.824. The molecular formula is C8H9N3O2. The lowest BCUT2D eigenvalue weighted by atomic mass is 10.2. The maximum atomic E-state index is 8.64. The Morgan fingerprint density at radius 3 is 2.54 bits per heavy atom. The Morgan fingerprint density at radius 1 is 1.31 bits per heavy atom. The van der Waals surface area contributed by atoms with Crippen molar-refractivity contribution >= 4 is 11.4 Å². The topological polar surface area (TPSA) is 78.1 Å². The minimum absolute atomic E-state index is 0.156. The van der Waals surface area contributed by atoms with Crippen LogP contribution in [0.2, 0.25) is 0 Å². The van der Waals surface area contributed by atoms with Crippen molar-refractivity contribution in [2.24, 2.45) is 10.3 Å². The van der Waals surface area contributed by atoms with Crippen LogP contribution >= 0.6 is 0 Å². The first-order valence-corrected chi connectivity index (χ1v) is 3.62. The van der Waals surface area contributed by atoms with Crippen molar-refractivity contribution in [1.82, 2.24) is 4.98 Å². The van der Waals surface area contributed by atoms with Crippen LogP contribution in [0.1, 0.15) is 12.6 Å². The number of hydrogen-bond donors (Lipinski definition) is 2. The van der Waals surface area contributed by atoms with Gasteiger partial charge in [-0.2, -0.15) is 0 Å². The van der Waals surface area contributed by atoms with Gasteiger partial charge in [-0.3, -0.25) is 4.98 Å². The summed E-state index contributed by atoms with van der Waals surface area (Å²) in [5.74, 6) is 0. The molecule has 0 saturated carbocycles. The summed E-state index contributed by atoms with van der Waals surface area (Å²) in [6, 6.07) is 5.14. The highest BCUT2D eigenvalue weighted by Gasteiger charge is 2.08. The van der Waals surface area contributed by atoms with E-state index in [1.807, 2.05) is 0 Å². The summed E-state index contributed by atoms with van der Waals surface area (Å²) >= 11 is 0. The molecule has 0 atom stereocenters. The SMILES string of the molecule is CC(=N\O)/C(=N\O)c1ccccn1. The van der Waals surface area contributed by atoms with Gasteiger partial charge in [-0.1, -0.05) is 16.4 Å². The summed E-state index contributed by atoms with van der Waals surface area (Å²) in [4.78, 5) is 3.94. The highest BCUT2D eigenvalue weighted by molar-refractivity contribution is 6.46. The van der Waals surface area contributed by atoms with Crippen molar-refractivity contribution in [3.63, 3.8) is 0 Å². The molecule has 5 nitrogen and oxygen atoms in total. The molecule has 0 radical (unpaired) electrons. The number of oxime groups is 2. The van der Waals surface area contributed by atoms with Crippen LogP contribution in [-0.2, 0) is 0 Å². The molecule has 1 aromatic heterocycles. The Bertz CT molecular complexity index is 333. The molecule has 13 heavy (non-hydrogen) atoms. The maximum Gasteiger partial charge on any atom is 0.152 e. The quantitative estimate of drug-likeness (QED) is 0.405. The second-order valence-corrected chi connectivity index (χ2v) is 2.35. The van der Waals surface area contributed by atoms with Gasteiger partial charge in [-0.25, -0.2) is 0 Å². The van der Waals surface area contributed by atoms with Gasteiger partial charge in [0.2, 0.25) is 0 Å². The molecule has 1 aromatic rings. The van der Waals surface area contributed by atoms with Gasteiger partial charge in [0.15, 0.2) is 5.71 Å². The fraction of sp³-hybridized carbons (Fsp3) is 0.125. The van der Waals surface area contributed by atoms with Crippen molar-refractivity contribution in [1.29, 1.82) is 0 Å². The van der Waals surface area contributed by atoms with Crippen molar-refractivity contribution in [3.8, 4) is 0 Å². The van der Waals surface area contributed by atoms with Gasteiger partial charge in [-0.05, 0) is 19.1 Å². The van der Waals surface area contributed by atoms with Crippen LogP contribution in [0.3, 0.4) is 0 Å². The molecule has 0 aliphatic rings. The summed E-state index contributed by atoms with van der Waals surface area (Å²) in [7, 11) is 0. The predicted octanol–water partition coefficient (Wildman–Crippen LogP) is 1.11. The number of aromatic nitrogens is 1. The van der Waals surface area contributed by atoms with E-state index in [4.69, 9.17) is 10.4 Å². The third-order valence-electron chi connectivity index (χ3n) is 1.50. The van der Waals surface area contributed by atoms with E-state index < -0.39 is 0 Å². The zero-order valence-electron chi connectivity index (χ0n) is 7.05. The van der Waals surface area contributed by atoms with E-state index in [2.05, 4.69) is 15.3 Å². The molecule has 0 spiro atoms. The van der Waals surface area contributed by atoms with Gasteiger partial charge < -0.3 is 10.4 Å². The van der Waals surface area contributed by atoms with E-state index in [9.17, 15) is 0 Å². The standard InChI is InChI=1S/C8H9N3O2/c1-6(10-12)8(11-13)7-4-2-3-5-9-7/h2-5,12-13H,1H3/b10-6+,11-8+. The highest BCUT2D eigenvalue weighted by Crippen LogP contribution is 1.98. The Hall–Kier alpha value is -1.91. The van der Waals surface area contributed by atoms with Gasteiger partial charge in [0.25, 0.3) is 0 Å². The second kappa shape index (κ2) is 4.20. The summed E-state index contributed by atoms with van der Waals surface area (Å²) < 4.78 is 0. The molecule has 1 heterocycles. The van der Waals surface area contributed by atoms with Crippen molar-refractivity contribution in [2.75, 3.05) is 0 Å². The Kier molecular flexibility index (Phi) is 2.97. The lowest BCUT2D eigenvalue weighted by Gasteiger charge is -1.99. The molecule has 5 heteroatoms. The van der Waals surface area contributed by atoms with Crippen LogP contribution in [0.4, 0.5) is 0 Å². The minimum atomic E-state index is 0.156. The van der Waals surface area contributed by atoms with Crippen molar-refractivity contribution in [3.05, 3.63) is 30.1 Å². The normalized spacial score (nSPS) is 13.0. The molecule has 0 fully saturated rings. The lowest BCUT2D eigenvalue weighted by molar-refractivity contribution is 0.314. The first-order valence-electron chi connectivity index (χ1n) is 3.62. The lowest BCUT2D eigenvalue weighted by Crippen LogP contribution is -2.13. The zero-order chi connectivity index (χ0) is 9.68. The maximum absolute atomic E-state index is 8.64. The third kappa shape index (κ3) is 2.02. The molecule has 0 aromatic carbocycles. The smallest absolute Gasteiger partial charge is 0.152 e. The van der Waals surface area contributed by atoms with Crippen LogP contribution < -0.4 is 0 Å². The molecule has 0 aliphatic carbocycles. The average molecular weight is 179 g/mol. The number of pyridine rings is 1. The van der Waals surface area contributed by atoms with Crippen molar-refractivity contribution < 1.29 is 10.4 Å². The van der Waals surface area contributed by atoms with Gasteiger partial charge in [0.1, 0.15) is 5.71 Å². The molecule has 0 saturated heterocycles. The van der Waals surface area contributed by atoms with Gasteiger partial charge in [0, 0.05) is 6.20 Å². The van der Waals surface area contributed by atoms with E-state index in [0.29, 0.717) is 5.69 Å². The molecule has 1 rings (SSSR count). The number of hydrogen-bond acceptors (Lipinski definition) is 5. The molecule has 2 N–H and O–H groups in total. The van der Waals surface area contributed by atoms with E-state index >= 15 is 0 Å². The van der Waals surface area contributed by atoms with Gasteiger partial charge in [-0.15, -0.1) is 0 Å².